The largest absolute Gasteiger partial charge is 0.462 e. The average molecular weight is 353 g/mol. The summed E-state index contributed by atoms with van der Waals surface area (Å²) in [6.07, 6.45) is 3.05. The van der Waals surface area contributed by atoms with Crippen LogP contribution in [0.3, 0.4) is 0 Å². The third kappa shape index (κ3) is 2.27. The Morgan fingerprint density at radius 2 is 2.29 bits per heavy atom. The van der Waals surface area contributed by atoms with Gasteiger partial charge in [-0.15, -0.1) is 0 Å². The fourth-order valence-corrected chi connectivity index (χ4v) is 4.12. The highest BCUT2D eigenvalue weighted by atomic mass is 79.9. The van der Waals surface area contributed by atoms with E-state index in [1.54, 1.807) is 7.11 Å². The zero-order chi connectivity index (χ0) is 15.1. The Morgan fingerprint density at radius 3 is 2.95 bits per heavy atom. The van der Waals surface area contributed by atoms with Crippen molar-refractivity contribution in [2.75, 3.05) is 20.3 Å². The molecule has 1 heterocycles. The Labute approximate surface area is 133 Å². The molecule has 1 aliphatic heterocycles. The summed E-state index contributed by atoms with van der Waals surface area (Å²) in [6, 6.07) is 6.76. The first-order chi connectivity index (χ1) is 10.0. The second-order valence-electron chi connectivity index (χ2n) is 6.23. The van der Waals surface area contributed by atoms with Crippen molar-refractivity contribution in [3.63, 3.8) is 0 Å². The molecule has 0 bridgehead atoms. The van der Waals surface area contributed by atoms with Crippen LogP contribution in [0.25, 0.3) is 0 Å². The molecule has 2 aliphatic rings. The highest BCUT2D eigenvalue weighted by Crippen LogP contribution is 2.57. The van der Waals surface area contributed by atoms with Gasteiger partial charge in [-0.05, 0) is 42.5 Å². The molecule has 0 aromatic heterocycles. The van der Waals surface area contributed by atoms with Crippen molar-refractivity contribution < 1.29 is 9.47 Å². The predicted octanol–water partition coefficient (Wildman–Crippen LogP) is 2.98. The molecule has 5 heteroatoms. The summed E-state index contributed by atoms with van der Waals surface area (Å²) < 4.78 is 11.9. The van der Waals surface area contributed by atoms with Gasteiger partial charge in [0, 0.05) is 23.6 Å². The van der Waals surface area contributed by atoms with Gasteiger partial charge in [0.2, 0.25) is 0 Å². The molecule has 1 aromatic rings. The van der Waals surface area contributed by atoms with Crippen LogP contribution < -0.4 is 5.73 Å². The van der Waals surface area contributed by atoms with Gasteiger partial charge in [-0.1, -0.05) is 28.9 Å². The van der Waals surface area contributed by atoms with Crippen molar-refractivity contribution in [2.45, 2.75) is 31.7 Å². The second-order valence-corrected chi connectivity index (χ2v) is 7.15. The molecule has 0 amide bonds. The van der Waals surface area contributed by atoms with Crippen LogP contribution in [0.4, 0.5) is 0 Å². The van der Waals surface area contributed by atoms with E-state index >= 15 is 0 Å². The topological polar surface area (TPSA) is 56.8 Å². The van der Waals surface area contributed by atoms with Crippen molar-refractivity contribution in [1.29, 1.82) is 0 Å². The third-order valence-electron chi connectivity index (χ3n) is 4.90. The van der Waals surface area contributed by atoms with E-state index in [1.807, 2.05) is 0 Å². The minimum Gasteiger partial charge on any atom is -0.462 e. The molecule has 114 valence electrons. The second kappa shape index (κ2) is 5.29. The lowest BCUT2D eigenvalue weighted by atomic mass is 9.69. The van der Waals surface area contributed by atoms with Crippen molar-refractivity contribution in [2.24, 2.45) is 16.1 Å². The summed E-state index contributed by atoms with van der Waals surface area (Å²) in [4.78, 5) is 4.74. The van der Waals surface area contributed by atoms with Crippen LogP contribution in [0.5, 0.6) is 0 Å². The number of benzene rings is 1. The van der Waals surface area contributed by atoms with E-state index in [0.29, 0.717) is 12.6 Å². The van der Waals surface area contributed by atoms with E-state index in [1.165, 1.54) is 11.1 Å². The van der Waals surface area contributed by atoms with Crippen molar-refractivity contribution in [1.82, 2.24) is 0 Å². The van der Waals surface area contributed by atoms with Crippen LogP contribution in [0.15, 0.2) is 27.7 Å². The van der Waals surface area contributed by atoms with Crippen LogP contribution >= 0.6 is 15.9 Å². The first-order valence-corrected chi connectivity index (χ1v) is 8.06. The van der Waals surface area contributed by atoms with E-state index < -0.39 is 0 Å². The van der Waals surface area contributed by atoms with E-state index in [0.717, 1.165) is 30.3 Å². The van der Waals surface area contributed by atoms with E-state index in [4.69, 9.17) is 20.2 Å². The summed E-state index contributed by atoms with van der Waals surface area (Å²) in [5.41, 5.74) is 8.10. The zero-order valence-electron chi connectivity index (χ0n) is 12.5. The molecule has 2 atom stereocenters. The minimum absolute atomic E-state index is 0.00970. The number of hydrogen-bond acceptors (Lipinski definition) is 4. The molecule has 2 N–H and O–H groups in total. The number of nitrogens with zero attached hydrogens (tertiary/aromatic N) is 1. The van der Waals surface area contributed by atoms with E-state index in [9.17, 15) is 0 Å². The standard InChI is InChI=1S/C16H21BrN2O2/c1-15(6-3-7-20-2)9-11-4-5-12(17)8-13(11)16(15)10-21-14(18)19-16/h4-5,8H,3,6-7,9-10H2,1-2H3,(H2,18,19). The molecule has 3 rings (SSSR count). The van der Waals surface area contributed by atoms with Gasteiger partial charge >= 0.3 is 0 Å². The van der Waals surface area contributed by atoms with E-state index in [2.05, 4.69) is 41.1 Å². The van der Waals surface area contributed by atoms with Gasteiger partial charge in [-0.25, -0.2) is 4.99 Å². The SMILES string of the molecule is COCCCC1(C)Cc2ccc(Br)cc2C12COC(N)=N2. The molecule has 0 radical (unpaired) electrons. The summed E-state index contributed by atoms with van der Waals surface area (Å²) >= 11 is 3.57. The summed E-state index contributed by atoms with van der Waals surface area (Å²) in [6.45, 7) is 3.60. The van der Waals surface area contributed by atoms with Gasteiger partial charge in [-0.3, -0.25) is 0 Å². The van der Waals surface area contributed by atoms with Gasteiger partial charge in [-0.2, -0.15) is 0 Å². The smallest absolute Gasteiger partial charge is 0.283 e. The summed E-state index contributed by atoms with van der Waals surface area (Å²) in [5, 5.41) is 0. The van der Waals surface area contributed by atoms with Gasteiger partial charge in [0.15, 0.2) is 0 Å². The summed E-state index contributed by atoms with van der Waals surface area (Å²) in [5.74, 6) is 0. The summed E-state index contributed by atoms with van der Waals surface area (Å²) in [7, 11) is 1.74. The molecule has 0 saturated heterocycles. The first kappa shape index (κ1) is 14.9. The highest BCUT2D eigenvalue weighted by Gasteiger charge is 2.57. The number of fused-ring (bicyclic) bond motifs is 2. The van der Waals surface area contributed by atoms with E-state index in [-0.39, 0.29) is 11.0 Å². The number of nitrogens with two attached hydrogens (primary N) is 1. The number of halogens is 1. The van der Waals surface area contributed by atoms with Crippen LogP contribution in [0.1, 0.15) is 30.9 Å². The lowest BCUT2D eigenvalue weighted by Crippen LogP contribution is -2.40. The Bertz CT molecular complexity index is 590. The van der Waals surface area contributed by atoms with Crippen LogP contribution in [0.2, 0.25) is 0 Å². The molecule has 0 fully saturated rings. The minimum atomic E-state index is -0.357. The number of methoxy groups -OCH3 is 1. The van der Waals surface area contributed by atoms with Crippen LogP contribution in [-0.2, 0) is 21.4 Å². The predicted molar refractivity (Wildman–Crippen MR) is 86.3 cm³/mol. The molecule has 4 nitrogen and oxygen atoms in total. The lowest BCUT2D eigenvalue weighted by molar-refractivity contribution is 0.0949. The Morgan fingerprint density at radius 1 is 1.48 bits per heavy atom. The molecular formula is C16H21BrN2O2. The first-order valence-electron chi connectivity index (χ1n) is 7.27. The van der Waals surface area contributed by atoms with Crippen molar-refractivity contribution >= 4 is 22.0 Å². The Hall–Kier alpha value is -1.07. The number of rotatable bonds is 4. The third-order valence-corrected chi connectivity index (χ3v) is 5.40. The molecule has 0 saturated carbocycles. The van der Waals surface area contributed by atoms with Crippen LogP contribution in [-0.4, -0.2) is 26.3 Å². The molecule has 1 aromatic carbocycles. The van der Waals surface area contributed by atoms with Crippen molar-refractivity contribution in [3.05, 3.63) is 33.8 Å². The molecule has 2 unspecified atom stereocenters. The Kier molecular flexibility index (Phi) is 3.74. The Balaban J connectivity index is 2.03. The molecular weight excluding hydrogens is 332 g/mol. The molecule has 1 spiro atoms. The van der Waals surface area contributed by atoms with Crippen LogP contribution in [0, 0.1) is 5.41 Å². The number of aliphatic imine (C=N–C) groups is 1. The number of amidine groups is 1. The molecule has 1 aliphatic carbocycles. The van der Waals surface area contributed by atoms with Gasteiger partial charge in [0.05, 0.1) is 0 Å². The van der Waals surface area contributed by atoms with Gasteiger partial charge in [0.1, 0.15) is 12.1 Å². The van der Waals surface area contributed by atoms with Crippen molar-refractivity contribution in [3.8, 4) is 0 Å². The zero-order valence-corrected chi connectivity index (χ0v) is 14.1. The monoisotopic (exact) mass is 352 g/mol. The maximum Gasteiger partial charge on any atom is 0.283 e. The molecule has 21 heavy (non-hydrogen) atoms. The highest BCUT2D eigenvalue weighted by molar-refractivity contribution is 9.10. The quantitative estimate of drug-likeness (QED) is 0.847. The lowest BCUT2D eigenvalue weighted by Gasteiger charge is -2.38. The fourth-order valence-electron chi connectivity index (χ4n) is 3.76. The number of ether oxygens (including phenoxy) is 2. The maximum atomic E-state index is 5.85. The average Bonchev–Trinajstić information content (AvgIpc) is 2.94. The maximum absolute atomic E-state index is 5.85. The normalized spacial score (nSPS) is 30.3. The van der Waals surface area contributed by atoms with Gasteiger partial charge < -0.3 is 15.2 Å². The number of hydrogen-bond donors (Lipinski definition) is 1. The fraction of sp³-hybridized carbons (Fsp3) is 0.562. The van der Waals surface area contributed by atoms with Gasteiger partial charge in [0.25, 0.3) is 6.02 Å².